The van der Waals surface area contributed by atoms with Crippen molar-refractivity contribution in [2.45, 2.75) is 73.0 Å². The molecule has 0 radical (unpaired) electrons. The Morgan fingerprint density at radius 1 is 1.24 bits per heavy atom. The lowest BCUT2D eigenvalue weighted by atomic mass is 9.86. The molecule has 1 saturated heterocycles. The number of aliphatic hydroxyl groups excluding tert-OH is 1. The van der Waals surface area contributed by atoms with E-state index >= 15 is 0 Å². The first kappa shape index (κ1) is 18.4. The summed E-state index contributed by atoms with van der Waals surface area (Å²) in [5.74, 6) is 0.260. The Bertz CT molecular complexity index is 337. The minimum Gasteiger partial charge on any atom is -0.393 e. The van der Waals surface area contributed by atoms with Crippen molar-refractivity contribution in [1.29, 1.82) is 0 Å². The summed E-state index contributed by atoms with van der Waals surface area (Å²) in [4.78, 5) is 14.2. The zero-order valence-electron chi connectivity index (χ0n) is 14.7. The lowest BCUT2D eigenvalue weighted by Gasteiger charge is -2.37. The fraction of sp³-hybridized carbons (Fsp3) is 0.941. The maximum absolute atomic E-state index is 12.2. The third-order valence-corrected chi connectivity index (χ3v) is 4.14. The molecule has 1 heterocycles. The molecule has 1 amide bonds. The highest BCUT2D eigenvalue weighted by atomic mass is 16.3. The fourth-order valence-electron chi connectivity index (χ4n) is 3.05. The highest BCUT2D eigenvalue weighted by Gasteiger charge is 2.30. The lowest BCUT2D eigenvalue weighted by Crippen LogP contribution is -2.49. The van der Waals surface area contributed by atoms with E-state index in [0.29, 0.717) is 6.04 Å². The summed E-state index contributed by atoms with van der Waals surface area (Å²) in [7, 11) is 0. The number of likely N-dealkylation sites (tertiary alicyclic amines) is 1. The molecule has 0 spiro atoms. The maximum Gasteiger partial charge on any atom is 0.227 e. The van der Waals surface area contributed by atoms with Gasteiger partial charge in [0.05, 0.1) is 6.10 Å². The molecule has 1 rings (SSSR count). The number of aliphatic hydroxyl groups is 1. The maximum atomic E-state index is 12.2. The first-order valence-corrected chi connectivity index (χ1v) is 8.22. The van der Waals surface area contributed by atoms with Crippen LogP contribution in [0.1, 0.15) is 60.8 Å². The highest BCUT2D eigenvalue weighted by Crippen LogP contribution is 2.24. The van der Waals surface area contributed by atoms with Crippen molar-refractivity contribution in [3.63, 3.8) is 0 Å². The van der Waals surface area contributed by atoms with E-state index in [1.807, 2.05) is 32.6 Å². The number of piperidine rings is 1. The largest absolute Gasteiger partial charge is 0.393 e. The van der Waals surface area contributed by atoms with Gasteiger partial charge >= 0.3 is 0 Å². The average molecular weight is 298 g/mol. The van der Waals surface area contributed by atoms with Crippen molar-refractivity contribution in [2.75, 3.05) is 19.6 Å². The van der Waals surface area contributed by atoms with Crippen LogP contribution >= 0.6 is 0 Å². The van der Waals surface area contributed by atoms with E-state index in [-0.39, 0.29) is 22.8 Å². The number of amides is 1. The van der Waals surface area contributed by atoms with Crippen LogP contribution in [0.2, 0.25) is 0 Å². The lowest BCUT2D eigenvalue weighted by molar-refractivity contribution is -0.140. The van der Waals surface area contributed by atoms with Crippen molar-refractivity contribution in [1.82, 2.24) is 10.2 Å². The molecule has 1 atom stereocenters. The van der Waals surface area contributed by atoms with Gasteiger partial charge in [0.25, 0.3) is 0 Å². The topological polar surface area (TPSA) is 52.6 Å². The van der Waals surface area contributed by atoms with Gasteiger partial charge in [-0.15, -0.1) is 0 Å². The summed E-state index contributed by atoms with van der Waals surface area (Å²) in [5, 5.41) is 13.1. The molecule has 4 nitrogen and oxygen atoms in total. The van der Waals surface area contributed by atoms with Gasteiger partial charge in [-0.2, -0.15) is 0 Å². The van der Waals surface area contributed by atoms with Gasteiger partial charge in [0.2, 0.25) is 5.91 Å². The summed E-state index contributed by atoms with van der Waals surface area (Å²) in [5.41, 5.74) is -0.175. The minimum atomic E-state index is -0.278. The summed E-state index contributed by atoms with van der Waals surface area (Å²) in [6.07, 6.45) is 2.59. The molecule has 2 N–H and O–H groups in total. The fourth-order valence-corrected chi connectivity index (χ4v) is 3.05. The van der Waals surface area contributed by atoms with E-state index in [0.717, 1.165) is 38.9 Å². The van der Waals surface area contributed by atoms with E-state index in [9.17, 15) is 9.90 Å². The molecule has 0 aromatic rings. The van der Waals surface area contributed by atoms with Gasteiger partial charge in [0, 0.05) is 31.1 Å². The van der Waals surface area contributed by atoms with Crippen LogP contribution in [0.25, 0.3) is 0 Å². The Morgan fingerprint density at radius 3 is 2.19 bits per heavy atom. The molecule has 0 aliphatic carbocycles. The van der Waals surface area contributed by atoms with Crippen molar-refractivity contribution in [3.05, 3.63) is 0 Å². The summed E-state index contributed by atoms with van der Waals surface area (Å²) in [6.45, 7) is 14.8. The molecule has 1 unspecified atom stereocenters. The van der Waals surface area contributed by atoms with Gasteiger partial charge in [-0.1, -0.05) is 34.6 Å². The third kappa shape index (κ3) is 6.35. The molecule has 0 bridgehead atoms. The summed E-state index contributed by atoms with van der Waals surface area (Å²) < 4.78 is 0. The van der Waals surface area contributed by atoms with Crippen LogP contribution < -0.4 is 5.32 Å². The van der Waals surface area contributed by atoms with Gasteiger partial charge in [-0.3, -0.25) is 4.79 Å². The summed E-state index contributed by atoms with van der Waals surface area (Å²) >= 11 is 0. The van der Waals surface area contributed by atoms with Crippen LogP contribution in [0.15, 0.2) is 0 Å². The molecule has 1 fully saturated rings. The number of hydrogen-bond donors (Lipinski definition) is 2. The van der Waals surface area contributed by atoms with E-state index < -0.39 is 0 Å². The first-order valence-electron chi connectivity index (χ1n) is 8.22. The van der Waals surface area contributed by atoms with Crippen molar-refractivity contribution in [3.8, 4) is 0 Å². The number of rotatable bonds is 5. The van der Waals surface area contributed by atoms with Crippen molar-refractivity contribution < 1.29 is 9.90 Å². The van der Waals surface area contributed by atoms with Gasteiger partial charge < -0.3 is 15.3 Å². The third-order valence-electron chi connectivity index (χ3n) is 4.14. The Hall–Kier alpha value is -0.610. The van der Waals surface area contributed by atoms with Crippen LogP contribution in [0.4, 0.5) is 0 Å². The van der Waals surface area contributed by atoms with E-state index in [4.69, 9.17) is 0 Å². The first-order chi connectivity index (χ1) is 9.51. The molecule has 4 heteroatoms. The number of nitrogens with one attached hydrogen (secondary N) is 1. The highest BCUT2D eigenvalue weighted by molar-refractivity contribution is 5.81. The van der Waals surface area contributed by atoms with E-state index in [2.05, 4.69) is 19.2 Å². The van der Waals surface area contributed by atoms with Crippen LogP contribution in [-0.2, 0) is 4.79 Å². The number of hydrogen-bond acceptors (Lipinski definition) is 3. The second kappa shape index (κ2) is 7.10. The Balaban J connectivity index is 2.36. The predicted molar refractivity (Wildman–Crippen MR) is 87.1 cm³/mol. The zero-order chi connectivity index (χ0) is 16.3. The van der Waals surface area contributed by atoms with Crippen molar-refractivity contribution >= 4 is 5.91 Å². The molecule has 0 aromatic heterocycles. The number of nitrogens with zero attached hydrogens (tertiary/aromatic N) is 1. The number of carbonyl (C=O) groups is 1. The molecule has 124 valence electrons. The summed E-state index contributed by atoms with van der Waals surface area (Å²) in [6, 6.07) is 0.488. The van der Waals surface area contributed by atoms with Crippen LogP contribution in [-0.4, -0.2) is 47.7 Å². The van der Waals surface area contributed by atoms with Gasteiger partial charge in [-0.05, 0) is 31.6 Å². The molecule has 0 saturated carbocycles. The number of carbonyl (C=O) groups excluding carboxylic acids is 1. The Kier molecular flexibility index (Phi) is 6.23. The van der Waals surface area contributed by atoms with Crippen LogP contribution in [0.5, 0.6) is 0 Å². The second-order valence-electron chi connectivity index (χ2n) is 8.41. The Labute approximate surface area is 130 Å². The zero-order valence-corrected chi connectivity index (χ0v) is 14.7. The normalized spacial score (nSPS) is 19.7. The quantitative estimate of drug-likeness (QED) is 0.819. The Morgan fingerprint density at radius 2 is 1.76 bits per heavy atom. The van der Waals surface area contributed by atoms with Gasteiger partial charge in [0.1, 0.15) is 0 Å². The standard InChI is InChI=1S/C17H34N2O2/c1-13(20)11-17(5,6)12-18-14-7-9-19(10-8-14)15(21)16(2,3)4/h13-14,18,20H,7-12H2,1-6H3. The van der Waals surface area contributed by atoms with Crippen LogP contribution in [0, 0.1) is 10.8 Å². The van der Waals surface area contributed by atoms with E-state index in [1.165, 1.54) is 0 Å². The molecular weight excluding hydrogens is 264 g/mol. The van der Waals surface area contributed by atoms with Gasteiger partial charge in [-0.25, -0.2) is 0 Å². The molecule has 1 aliphatic rings. The molecular formula is C17H34N2O2. The van der Waals surface area contributed by atoms with Crippen molar-refractivity contribution in [2.24, 2.45) is 10.8 Å². The predicted octanol–water partition coefficient (Wildman–Crippen LogP) is 2.41. The van der Waals surface area contributed by atoms with E-state index in [1.54, 1.807) is 0 Å². The SMILES string of the molecule is CC(O)CC(C)(C)CNC1CCN(C(=O)C(C)(C)C)CC1. The minimum absolute atomic E-state index is 0.104. The molecule has 21 heavy (non-hydrogen) atoms. The smallest absolute Gasteiger partial charge is 0.227 e. The molecule has 0 aromatic carbocycles. The molecule has 1 aliphatic heterocycles. The average Bonchev–Trinajstić information content (AvgIpc) is 2.33. The monoisotopic (exact) mass is 298 g/mol. The van der Waals surface area contributed by atoms with Gasteiger partial charge in [0.15, 0.2) is 0 Å². The second-order valence-corrected chi connectivity index (χ2v) is 8.41. The van der Waals surface area contributed by atoms with Crippen LogP contribution in [0.3, 0.4) is 0 Å².